The molecule has 4 atom stereocenters. The minimum atomic E-state index is -0.628. The number of benzene rings is 2. The number of nitrogens with one attached hydrogen (secondary N) is 1. The highest BCUT2D eigenvalue weighted by molar-refractivity contribution is 7.20. The quantitative estimate of drug-likeness (QED) is 0.164. The molecule has 4 aromatic heterocycles. The number of hydrogen-bond donors (Lipinski definition) is 4. The van der Waals surface area contributed by atoms with E-state index >= 15 is 0 Å². The highest BCUT2D eigenvalue weighted by Crippen LogP contribution is 2.36. The summed E-state index contributed by atoms with van der Waals surface area (Å²) in [6, 6.07) is 8.29. The summed E-state index contributed by atoms with van der Waals surface area (Å²) in [6.45, 7) is 7.40. The molecule has 2 aliphatic rings. The molecule has 312 valence electrons. The predicted octanol–water partition coefficient (Wildman–Crippen LogP) is 5.21. The van der Waals surface area contributed by atoms with Crippen LogP contribution in [-0.2, 0) is 4.74 Å². The van der Waals surface area contributed by atoms with Crippen LogP contribution in [0.1, 0.15) is 41.0 Å². The Kier molecular flexibility index (Phi) is 12.7. The first-order valence-corrected chi connectivity index (χ1v) is 19.8. The minimum absolute atomic E-state index is 0. The average Bonchev–Trinajstić information content (AvgIpc) is 3.92. The van der Waals surface area contributed by atoms with Gasteiger partial charge in [0.15, 0.2) is 0 Å². The van der Waals surface area contributed by atoms with Gasteiger partial charge in [0.05, 0.1) is 56.3 Å². The highest BCUT2D eigenvalue weighted by Gasteiger charge is 2.31. The molecule has 0 unspecified atom stereocenters. The fourth-order valence-electron chi connectivity index (χ4n) is 6.82. The van der Waals surface area contributed by atoms with Gasteiger partial charge in [0.1, 0.15) is 28.7 Å². The van der Waals surface area contributed by atoms with Crippen molar-refractivity contribution in [3.63, 3.8) is 0 Å². The second-order valence-corrected chi connectivity index (χ2v) is 16.7. The summed E-state index contributed by atoms with van der Waals surface area (Å²) < 4.78 is 46.4. The van der Waals surface area contributed by atoms with Crippen LogP contribution < -0.4 is 30.3 Å². The molecule has 6 heterocycles. The van der Waals surface area contributed by atoms with Gasteiger partial charge in [-0.05, 0) is 57.9 Å². The number of hydrogen-bond acceptors (Lipinski definition) is 15. The maximum absolute atomic E-state index is 13.6. The lowest BCUT2D eigenvalue weighted by molar-refractivity contribution is 0.0473. The van der Waals surface area contributed by atoms with Crippen LogP contribution in [0.25, 0.3) is 32.4 Å². The smallest absolute Gasteiger partial charge is 0.407 e. The van der Waals surface area contributed by atoms with Crippen LogP contribution >= 0.6 is 22.7 Å². The first-order valence-electron chi connectivity index (χ1n) is 18.2. The van der Waals surface area contributed by atoms with Gasteiger partial charge in [0, 0.05) is 55.5 Å². The van der Waals surface area contributed by atoms with Gasteiger partial charge in [-0.2, -0.15) is 0 Å². The Labute approximate surface area is 341 Å². The molecule has 5 N–H and O–H groups in total. The second-order valence-electron chi connectivity index (χ2n) is 14.8. The number of piperidine rings is 2. The van der Waals surface area contributed by atoms with E-state index in [4.69, 9.17) is 19.9 Å². The summed E-state index contributed by atoms with van der Waals surface area (Å²) in [7, 11) is 2.98. The monoisotopic (exact) mass is 842 g/mol. The number of aliphatic hydroxyl groups is 2. The number of imidazole rings is 2. The number of anilines is 2. The van der Waals surface area contributed by atoms with Crippen LogP contribution in [-0.4, -0.2) is 116 Å². The van der Waals surface area contributed by atoms with Crippen molar-refractivity contribution in [2.24, 2.45) is 5.73 Å². The largest absolute Gasteiger partial charge is 0.496 e. The Morgan fingerprint density at radius 2 is 1.29 bits per heavy atom. The van der Waals surface area contributed by atoms with Crippen LogP contribution in [0.15, 0.2) is 48.8 Å². The third-order valence-corrected chi connectivity index (χ3v) is 11.1. The molecule has 20 heteroatoms. The molecule has 0 radical (unpaired) electrons. The number of aliphatic hydroxyl groups excluding tert-OH is 2. The van der Waals surface area contributed by atoms with Crippen LogP contribution in [0.3, 0.4) is 0 Å². The number of carbonyl (C=O) groups excluding carboxylic acids is 1. The van der Waals surface area contributed by atoms with Crippen LogP contribution in [0.5, 0.6) is 11.5 Å². The number of nitrogens with zero attached hydrogens (tertiary/aromatic N) is 8. The summed E-state index contributed by atoms with van der Waals surface area (Å²) in [4.78, 5) is 26.2. The van der Waals surface area contributed by atoms with Crippen LogP contribution in [0.2, 0.25) is 0 Å². The molecule has 2 aliphatic heterocycles. The van der Waals surface area contributed by atoms with Gasteiger partial charge < -0.3 is 45.3 Å². The number of halogens is 2. The number of alkyl carbamates (subject to hydrolysis) is 1. The normalized spacial score (nSPS) is 19.7. The van der Waals surface area contributed by atoms with Gasteiger partial charge in [-0.25, -0.2) is 32.6 Å². The van der Waals surface area contributed by atoms with E-state index in [0.29, 0.717) is 82.4 Å². The van der Waals surface area contributed by atoms with Crippen molar-refractivity contribution in [1.29, 1.82) is 0 Å². The second kappa shape index (κ2) is 17.4. The van der Waals surface area contributed by atoms with E-state index in [2.05, 4.69) is 25.5 Å². The topological polar surface area (TPSA) is 190 Å². The first kappa shape index (κ1) is 42.5. The molecule has 0 spiro atoms. The Morgan fingerprint density at radius 1 is 0.810 bits per heavy atom. The molecule has 6 aromatic rings. The van der Waals surface area contributed by atoms with Crippen molar-refractivity contribution >= 4 is 49.0 Å². The number of aromatic nitrogens is 6. The van der Waals surface area contributed by atoms with Gasteiger partial charge >= 0.3 is 6.09 Å². The van der Waals surface area contributed by atoms with E-state index in [0.717, 1.165) is 10.8 Å². The summed E-state index contributed by atoms with van der Waals surface area (Å²) >= 11 is 2.79. The summed E-state index contributed by atoms with van der Waals surface area (Å²) in [5, 5.41) is 33.9. The minimum Gasteiger partial charge on any atom is -0.496 e. The molecular formula is C38H48F2N10O6S2. The number of carbonyl (C=O) groups is 1. The lowest BCUT2D eigenvalue weighted by atomic mass is 10.0. The molecule has 2 saturated heterocycles. The first-order chi connectivity index (χ1) is 27.2. The van der Waals surface area contributed by atoms with Crippen molar-refractivity contribution in [2.45, 2.75) is 70.9 Å². The number of fused-ring (bicyclic) bond motifs is 2. The zero-order valence-corrected chi connectivity index (χ0v) is 33.6. The lowest BCUT2D eigenvalue weighted by Gasteiger charge is -2.35. The van der Waals surface area contributed by atoms with Crippen molar-refractivity contribution in [1.82, 2.24) is 34.5 Å². The fourth-order valence-corrected chi connectivity index (χ4v) is 8.61. The molecule has 16 nitrogen and oxygen atoms in total. The van der Waals surface area contributed by atoms with E-state index in [-0.39, 0.29) is 25.3 Å². The summed E-state index contributed by atoms with van der Waals surface area (Å²) in [5.74, 6) is 0.0518. The van der Waals surface area contributed by atoms with Crippen molar-refractivity contribution in [3.05, 3.63) is 60.4 Å². The molecule has 8 rings (SSSR count). The molecular weight excluding hydrogens is 795 g/mol. The Hall–Kier alpha value is -5.15. The Morgan fingerprint density at radius 3 is 1.76 bits per heavy atom. The van der Waals surface area contributed by atoms with Crippen LogP contribution in [0.4, 0.5) is 23.8 Å². The van der Waals surface area contributed by atoms with Crippen molar-refractivity contribution < 1.29 is 38.0 Å². The molecule has 1 amide bonds. The average molecular weight is 843 g/mol. The number of β-amino-alcohol motifs (C(OH)–C–C–N with tert-alkyl or cyclic N) is 2. The van der Waals surface area contributed by atoms with Crippen LogP contribution in [0, 0.1) is 11.6 Å². The number of nitrogens with two attached hydrogens (primary N) is 1. The van der Waals surface area contributed by atoms with Gasteiger partial charge in [0.25, 0.3) is 0 Å². The van der Waals surface area contributed by atoms with Gasteiger partial charge in [-0.15, -0.1) is 10.2 Å². The number of rotatable bonds is 7. The molecule has 2 fully saturated rings. The van der Waals surface area contributed by atoms with E-state index in [9.17, 15) is 23.8 Å². The molecule has 0 saturated carbocycles. The van der Waals surface area contributed by atoms with Gasteiger partial charge in [0.2, 0.25) is 20.2 Å². The van der Waals surface area contributed by atoms with Gasteiger partial charge in [-0.1, -0.05) is 30.1 Å². The zero-order chi connectivity index (χ0) is 40.6. The number of amides is 1. The SMILES string of the molecule is C.COc1cc(F)ccc1-c1cnc2sc(N3C[C@@H](N)C[C@@H](O)C3)nn12.COc1cc(F)ccc1-c1cnc2sc(N3C[C@@H](O)C[C@H](NC(=O)OC(C)(C)C)C3)nn12. The van der Waals surface area contributed by atoms with E-state index in [1.54, 1.807) is 54.3 Å². The van der Waals surface area contributed by atoms with Crippen molar-refractivity contribution in [2.75, 3.05) is 50.2 Å². The molecule has 58 heavy (non-hydrogen) atoms. The van der Waals surface area contributed by atoms with E-state index < -0.39 is 29.7 Å². The Bertz CT molecular complexity index is 2350. The predicted molar refractivity (Wildman–Crippen MR) is 219 cm³/mol. The third kappa shape index (κ3) is 9.42. The molecule has 0 aliphatic carbocycles. The van der Waals surface area contributed by atoms with Crippen molar-refractivity contribution in [3.8, 4) is 34.0 Å². The van der Waals surface area contributed by atoms with Gasteiger partial charge in [-0.3, -0.25) is 0 Å². The fraction of sp³-hybridized carbons (Fsp3) is 0.447. The molecule has 2 aromatic carbocycles. The number of methoxy groups -OCH3 is 2. The van der Waals surface area contributed by atoms with E-state index in [1.807, 2.05) is 9.80 Å². The standard InChI is InChI=1S/C21H26FN5O4S.C16H18FN5O2S.CH4/c1-21(2,3)31-20(29)24-13-8-14(28)11-26(10-13)19-25-27-16(9-23-18(27)32-19)15-6-5-12(22)7-17(15)30-4;1-24-14-4-9(17)2-3-12(14)13-6-19-15-22(13)20-16(25-15)21-7-10(18)5-11(23)8-21;/h5-7,9,13-14,28H,8,10-11H2,1-4H3,(H,24,29);2-4,6,10-11,23H,5,7-8,18H2,1H3;1H4/t13-,14-;10-,11+;/m00./s1. The number of ether oxygens (including phenoxy) is 3. The maximum Gasteiger partial charge on any atom is 0.407 e. The Balaban J connectivity index is 0.000000198. The maximum atomic E-state index is 13.6. The zero-order valence-electron chi connectivity index (χ0n) is 31.9. The molecule has 0 bridgehead atoms. The van der Waals surface area contributed by atoms with E-state index in [1.165, 1.54) is 61.2 Å². The highest BCUT2D eigenvalue weighted by atomic mass is 32.1. The summed E-state index contributed by atoms with van der Waals surface area (Å²) in [5.41, 5.74) is 8.16. The lowest BCUT2D eigenvalue weighted by Crippen LogP contribution is -2.53. The summed E-state index contributed by atoms with van der Waals surface area (Å²) in [6.07, 6.45) is 2.77. The third-order valence-electron chi connectivity index (χ3n) is 9.18.